The first kappa shape index (κ1) is 13.7. The van der Waals surface area contributed by atoms with Gasteiger partial charge in [-0.1, -0.05) is 6.42 Å². The van der Waals surface area contributed by atoms with E-state index < -0.39 is 12.0 Å². The van der Waals surface area contributed by atoms with E-state index in [9.17, 15) is 14.7 Å². The van der Waals surface area contributed by atoms with Crippen LogP contribution in [0.4, 0.5) is 4.79 Å². The van der Waals surface area contributed by atoms with Crippen molar-refractivity contribution < 1.29 is 14.7 Å². The zero-order valence-electron chi connectivity index (χ0n) is 11.1. The van der Waals surface area contributed by atoms with Gasteiger partial charge >= 0.3 is 12.0 Å². The van der Waals surface area contributed by atoms with E-state index >= 15 is 0 Å². The number of carboxylic acid groups (broad SMARTS) is 1. The average Bonchev–Trinajstić information content (AvgIpc) is 2.86. The quantitative estimate of drug-likeness (QED) is 0.755. The van der Waals surface area contributed by atoms with Crippen LogP contribution in [0.15, 0.2) is 0 Å². The molecule has 0 aromatic rings. The Kier molecular flexibility index (Phi) is 3.98. The second kappa shape index (κ2) is 5.52. The predicted molar refractivity (Wildman–Crippen MR) is 70.4 cm³/mol. The molecule has 0 bridgehead atoms. The van der Waals surface area contributed by atoms with Crippen molar-refractivity contribution >= 4 is 12.0 Å². The third-order valence-electron chi connectivity index (χ3n) is 4.20. The molecule has 104 valence electrons. The van der Waals surface area contributed by atoms with Crippen molar-refractivity contribution in [3.8, 4) is 12.3 Å². The predicted octanol–water partition coefficient (Wildman–Crippen LogP) is 1.29. The standard InChI is InChI=1S/C14H20N2O3/c1-3-5-9(2)15-14(19)16-8-10-6-4-7-11(10)12(16)13(17)18/h1,9-12H,4-8H2,2H3,(H,15,19)(H,17,18). The summed E-state index contributed by atoms with van der Waals surface area (Å²) in [5.74, 6) is 2.05. The minimum atomic E-state index is -0.894. The molecule has 1 heterocycles. The van der Waals surface area contributed by atoms with Gasteiger partial charge in [-0.05, 0) is 31.6 Å². The molecule has 2 aliphatic rings. The van der Waals surface area contributed by atoms with Gasteiger partial charge in [-0.2, -0.15) is 0 Å². The van der Waals surface area contributed by atoms with Crippen molar-refractivity contribution in [1.82, 2.24) is 10.2 Å². The molecule has 2 fully saturated rings. The summed E-state index contributed by atoms with van der Waals surface area (Å²) in [6, 6.07) is -1.11. The Morgan fingerprint density at radius 2 is 2.26 bits per heavy atom. The molecule has 2 N–H and O–H groups in total. The van der Waals surface area contributed by atoms with Crippen LogP contribution in [-0.4, -0.2) is 40.6 Å². The molecular formula is C14H20N2O3. The maximum Gasteiger partial charge on any atom is 0.326 e. The summed E-state index contributed by atoms with van der Waals surface area (Å²) in [5, 5.41) is 12.1. The van der Waals surface area contributed by atoms with Gasteiger partial charge < -0.3 is 15.3 Å². The van der Waals surface area contributed by atoms with E-state index in [-0.39, 0.29) is 18.0 Å². The molecule has 4 unspecified atom stereocenters. The summed E-state index contributed by atoms with van der Waals surface area (Å²) in [5.41, 5.74) is 0. The van der Waals surface area contributed by atoms with Crippen LogP contribution in [0.25, 0.3) is 0 Å². The Balaban J connectivity index is 2.04. The molecule has 4 atom stereocenters. The van der Waals surface area contributed by atoms with Gasteiger partial charge in [0.2, 0.25) is 0 Å². The Hall–Kier alpha value is -1.70. The zero-order chi connectivity index (χ0) is 14.0. The zero-order valence-corrected chi connectivity index (χ0v) is 11.1. The smallest absolute Gasteiger partial charge is 0.326 e. The number of aliphatic carboxylic acids is 1. The maximum absolute atomic E-state index is 12.2. The number of nitrogens with one attached hydrogen (secondary N) is 1. The lowest BCUT2D eigenvalue weighted by molar-refractivity contribution is -0.142. The number of hydrogen-bond donors (Lipinski definition) is 2. The van der Waals surface area contributed by atoms with E-state index in [0.29, 0.717) is 18.9 Å². The van der Waals surface area contributed by atoms with Crippen molar-refractivity contribution in [3.63, 3.8) is 0 Å². The van der Waals surface area contributed by atoms with E-state index in [1.165, 1.54) is 4.90 Å². The van der Waals surface area contributed by atoms with Crippen molar-refractivity contribution in [2.45, 2.75) is 44.7 Å². The second-order valence-corrected chi connectivity index (χ2v) is 5.55. The van der Waals surface area contributed by atoms with Gasteiger partial charge in [0.15, 0.2) is 0 Å². The Morgan fingerprint density at radius 1 is 1.53 bits per heavy atom. The highest BCUT2D eigenvalue weighted by Crippen LogP contribution is 2.42. The summed E-state index contributed by atoms with van der Waals surface area (Å²) in [7, 11) is 0. The highest BCUT2D eigenvalue weighted by molar-refractivity contribution is 5.84. The molecule has 0 radical (unpaired) electrons. The fourth-order valence-corrected chi connectivity index (χ4v) is 3.35. The topological polar surface area (TPSA) is 69.6 Å². The number of hydrogen-bond acceptors (Lipinski definition) is 2. The molecule has 5 nitrogen and oxygen atoms in total. The molecule has 2 rings (SSSR count). The van der Waals surface area contributed by atoms with Gasteiger partial charge in [-0.3, -0.25) is 0 Å². The summed E-state index contributed by atoms with van der Waals surface area (Å²) in [6.45, 7) is 2.38. The third kappa shape index (κ3) is 2.67. The van der Waals surface area contributed by atoms with Gasteiger partial charge in [-0.25, -0.2) is 9.59 Å². The number of carboxylic acids is 1. The average molecular weight is 264 g/mol. The van der Waals surface area contributed by atoms with E-state index in [4.69, 9.17) is 6.42 Å². The molecule has 0 spiro atoms. The molecule has 0 aromatic carbocycles. The van der Waals surface area contributed by atoms with Crippen LogP contribution in [0, 0.1) is 24.2 Å². The summed E-state index contributed by atoms with van der Waals surface area (Å²) in [4.78, 5) is 25.1. The monoisotopic (exact) mass is 264 g/mol. The molecule has 1 saturated carbocycles. The molecule has 0 aromatic heterocycles. The summed E-state index contributed by atoms with van der Waals surface area (Å²) in [6.07, 6.45) is 8.65. The van der Waals surface area contributed by atoms with Gasteiger partial charge in [0.25, 0.3) is 0 Å². The van der Waals surface area contributed by atoms with Crippen molar-refractivity contribution in [2.75, 3.05) is 6.54 Å². The van der Waals surface area contributed by atoms with Crippen LogP contribution in [0.2, 0.25) is 0 Å². The van der Waals surface area contributed by atoms with E-state index in [1.807, 2.05) is 6.92 Å². The van der Waals surface area contributed by atoms with Crippen LogP contribution < -0.4 is 5.32 Å². The number of nitrogens with zero attached hydrogens (tertiary/aromatic N) is 1. The number of likely N-dealkylation sites (tertiary alicyclic amines) is 1. The Labute approximate surface area is 113 Å². The largest absolute Gasteiger partial charge is 0.480 e. The Morgan fingerprint density at radius 3 is 2.89 bits per heavy atom. The molecule has 5 heteroatoms. The molecule has 1 aliphatic heterocycles. The summed E-state index contributed by atoms with van der Waals surface area (Å²) < 4.78 is 0. The number of urea groups is 1. The van der Waals surface area contributed by atoms with Crippen LogP contribution >= 0.6 is 0 Å². The number of terminal acetylenes is 1. The van der Waals surface area contributed by atoms with E-state index in [1.54, 1.807) is 0 Å². The number of carbonyl (C=O) groups is 2. The first-order valence-electron chi connectivity index (χ1n) is 6.78. The highest BCUT2D eigenvalue weighted by Gasteiger charge is 2.49. The van der Waals surface area contributed by atoms with Crippen molar-refractivity contribution in [1.29, 1.82) is 0 Å². The molecular weight excluding hydrogens is 244 g/mol. The van der Waals surface area contributed by atoms with Gasteiger partial charge in [0.1, 0.15) is 6.04 Å². The number of rotatable bonds is 3. The van der Waals surface area contributed by atoms with Crippen molar-refractivity contribution in [2.24, 2.45) is 11.8 Å². The number of fused-ring (bicyclic) bond motifs is 1. The third-order valence-corrected chi connectivity index (χ3v) is 4.20. The van der Waals surface area contributed by atoms with Crippen LogP contribution in [0.1, 0.15) is 32.6 Å². The lowest BCUT2D eigenvalue weighted by Gasteiger charge is -2.26. The summed E-state index contributed by atoms with van der Waals surface area (Å²) >= 11 is 0. The minimum absolute atomic E-state index is 0.117. The van der Waals surface area contributed by atoms with Crippen LogP contribution in [-0.2, 0) is 4.79 Å². The lowest BCUT2D eigenvalue weighted by Crippen LogP contribution is -2.50. The molecule has 2 amide bonds. The first-order valence-corrected chi connectivity index (χ1v) is 6.78. The molecule has 19 heavy (non-hydrogen) atoms. The van der Waals surface area contributed by atoms with Gasteiger partial charge in [0.05, 0.1) is 0 Å². The number of amides is 2. The SMILES string of the molecule is C#CCC(C)NC(=O)N1CC2CCCC2C1C(=O)O. The van der Waals surface area contributed by atoms with Gasteiger partial charge in [0, 0.05) is 19.0 Å². The minimum Gasteiger partial charge on any atom is -0.480 e. The highest BCUT2D eigenvalue weighted by atomic mass is 16.4. The van der Waals surface area contributed by atoms with Crippen LogP contribution in [0.5, 0.6) is 0 Å². The lowest BCUT2D eigenvalue weighted by atomic mass is 9.94. The molecule has 1 aliphatic carbocycles. The fraction of sp³-hybridized carbons (Fsp3) is 0.714. The van der Waals surface area contributed by atoms with E-state index in [0.717, 1.165) is 19.3 Å². The Bertz CT molecular complexity index is 415. The fourth-order valence-electron chi connectivity index (χ4n) is 3.35. The number of carbonyl (C=O) groups excluding carboxylic acids is 1. The molecule has 1 saturated heterocycles. The second-order valence-electron chi connectivity index (χ2n) is 5.55. The van der Waals surface area contributed by atoms with Crippen LogP contribution in [0.3, 0.4) is 0 Å². The van der Waals surface area contributed by atoms with Crippen molar-refractivity contribution in [3.05, 3.63) is 0 Å². The van der Waals surface area contributed by atoms with Gasteiger partial charge in [-0.15, -0.1) is 12.3 Å². The normalized spacial score (nSPS) is 30.5. The maximum atomic E-state index is 12.2. The first-order chi connectivity index (χ1) is 9.04. The van der Waals surface area contributed by atoms with E-state index in [2.05, 4.69) is 11.2 Å².